The number of rotatable bonds is 5. The lowest BCUT2D eigenvalue weighted by Crippen LogP contribution is -2.46. The van der Waals surface area contributed by atoms with Crippen LogP contribution in [0.5, 0.6) is 0 Å². The molecule has 0 aromatic rings. The van der Waals surface area contributed by atoms with E-state index in [0.29, 0.717) is 5.92 Å². The molecule has 2 aliphatic carbocycles. The summed E-state index contributed by atoms with van der Waals surface area (Å²) in [4.78, 5) is 0. The fraction of sp³-hybridized carbons (Fsp3) is 0.917. The van der Waals surface area contributed by atoms with E-state index in [1.165, 1.54) is 38.5 Å². The summed E-state index contributed by atoms with van der Waals surface area (Å²) in [5, 5.41) is 13.4. The van der Waals surface area contributed by atoms with Crippen molar-refractivity contribution >= 4 is 11.8 Å². The van der Waals surface area contributed by atoms with E-state index in [9.17, 15) is 5.26 Å². The lowest BCUT2D eigenvalue weighted by molar-refractivity contribution is 0.440. The Balaban J connectivity index is 1.86. The van der Waals surface area contributed by atoms with Gasteiger partial charge in [-0.2, -0.15) is 17.0 Å². The number of nitrogens with one attached hydrogen (secondary N) is 1. The van der Waals surface area contributed by atoms with Crippen LogP contribution in [0.4, 0.5) is 0 Å². The minimum Gasteiger partial charge on any atom is -0.302 e. The Bertz CT molecular complexity index is 251. The van der Waals surface area contributed by atoms with Crippen molar-refractivity contribution in [1.29, 1.82) is 5.26 Å². The molecule has 0 spiro atoms. The molecule has 2 saturated carbocycles. The highest BCUT2D eigenvalue weighted by Crippen LogP contribution is 2.42. The molecule has 1 atom stereocenters. The summed E-state index contributed by atoms with van der Waals surface area (Å²) in [6.45, 7) is 0. The van der Waals surface area contributed by atoms with Crippen molar-refractivity contribution in [2.24, 2.45) is 5.92 Å². The number of hydrogen-bond donors (Lipinski definition) is 1. The average Bonchev–Trinajstić information content (AvgIpc) is 2.99. The van der Waals surface area contributed by atoms with Gasteiger partial charge in [0.2, 0.25) is 0 Å². The van der Waals surface area contributed by atoms with Crippen LogP contribution < -0.4 is 5.32 Å². The molecule has 1 unspecified atom stereocenters. The Morgan fingerprint density at radius 1 is 1.33 bits per heavy atom. The molecule has 2 rings (SSSR count). The van der Waals surface area contributed by atoms with Gasteiger partial charge in [-0.3, -0.25) is 0 Å². The molecule has 0 bridgehead atoms. The SMILES string of the molecule is CNC(C#N)(CSC1CCCC1)C1CC1. The van der Waals surface area contributed by atoms with Crippen LogP contribution in [0.3, 0.4) is 0 Å². The van der Waals surface area contributed by atoms with Gasteiger partial charge in [0, 0.05) is 11.0 Å². The van der Waals surface area contributed by atoms with E-state index < -0.39 is 0 Å². The number of thioether (sulfide) groups is 1. The number of nitrogens with zero attached hydrogens (tertiary/aromatic N) is 1. The van der Waals surface area contributed by atoms with Crippen LogP contribution in [0.15, 0.2) is 0 Å². The Hall–Kier alpha value is -0.200. The highest BCUT2D eigenvalue weighted by atomic mass is 32.2. The van der Waals surface area contributed by atoms with Gasteiger partial charge in [0.1, 0.15) is 5.54 Å². The third-order valence-corrected chi connectivity index (χ3v) is 5.33. The van der Waals surface area contributed by atoms with E-state index in [-0.39, 0.29) is 5.54 Å². The van der Waals surface area contributed by atoms with Crippen molar-refractivity contribution < 1.29 is 0 Å². The van der Waals surface area contributed by atoms with E-state index in [1.54, 1.807) is 0 Å². The van der Waals surface area contributed by atoms with Crippen molar-refractivity contribution in [3.8, 4) is 6.07 Å². The second-order valence-corrected chi connectivity index (χ2v) is 6.11. The van der Waals surface area contributed by atoms with Crippen molar-refractivity contribution in [2.45, 2.75) is 49.3 Å². The second-order valence-electron chi connectivity index (χ2n) is 4.82. The van der Waals surface area contributed by atoms with Gasteiger partial charge in [-0.05, 0) is 38.6 Å². The Morgan fingerprint density at radius 2 is 2.00 bits per heavy atom. The van der Waals surface area contributed by atoms with Gasteiger partial charge in [0.25, 0.3) is 0 Å². The molecule has 2 fully saturated rings. The molecule has 2 nitrogen and oxygen atoms in total. The van der Waals surface area contributed by atoms with Crippen LogP contribution in [0.25, 0.3) is 0 Å². The molecule has 1 N–H and O–H groups in total. The first kappa shape index (κ1) is 11.3. The zero-order valence-corrected chi connectivity index (χ0v) is 10.3. The van der Waals surface area contributed by atoms with Crippen LogP contribution >= 0.6 is 11.8 Å². The standard InChI is InChI=1S/C12H20N2S/c1-14-12(8-13,10-6-7-10)9-15-11-4-2-3-5-11/h10-11,14H,2-7,9H2,1H3. The smallest absolute Gasteiger partial charge is 0.118 e. The maximum atomic E-state index is 9.34. The molecular weight excluding hydrogens is 204 g/mol. The lowest BCUT2D eigenvalue weighted by atomic mass is 9.98. The summed E-state index contributed by atoms with van der Waals surface area (Å²) in [6.07, 6.45) is 7.97. The van der Waals surface area contributed by atoms with Crippen molar-refractivity contribution in [2.75, 3.05) is 12.8 Å². The molecule has 0 heterocycles. The Labute approximate surface area is 96.8 Å². The molecule has 0 saturated heterocycles. The summed E-state index contributed by atoms with van der Waals surface area (Å²) < 4.78 is 0. The topological polar surface area (TPSA) is 35.8 Å². The van der Waals surface area contributed by atoms with Crippen LogP contribution in [0.1, 0.15) is 38.5 Å². The van der Waals surface area contributed by atoms with Gasteiger partial charge in [-0.1, -0.05) is 12.8 Å². The van der Waals surface area contributed by atoms with Crippen molar-refractivity contribution in [1.82, 2.24) is 5.32 Å². The largest absolute Gasteiger partial charge is 0.302 e. The number of hydrogen-bond acceptors (Lipinski definition) is 3. The Kier molecular flexibility index (Phi) is 3.58. The Morgan fingerprint density at radius 3 is 2.47 bits per heavy atom. The molecule has 15 heavy (non-hydrogen) atoms. The normalized spacial score (nSPS) is 26.1. The van der Waals surface area contributed by atoms with Crippen molar-refractivity contribution in [3.63, 3.8) is 0 Å². The van der Waals surface area contributed by atoms with Crippen LogP contribution in [0, 0.1) is 17.2 Å². The maximum absolute atomic E-state index is 9.34. The zero-order valence-electron chi connectivity index (χ0n) is 9.46. The summed E-state index contributed by atoms with van der Waals surface area (Å²) in [5.41, 5.74) is -0.229. The van der Waals surface area contributed by atoms with E-state index in [0.717, 1.165) is 11.0 Å². The molecule has 0 aromatic heterocycles. The minimum atomic E-state index is -0.229. The highest BCUT2D eigenvalue weighted by Gasteiger charge is 2.44. The quantitative estimate of drug-likeness (QED) is 0.779. The first-order valence-electron chi connectivity index (χ1n) is 6.02. The van der Waals surface area contributed by atoms with Gasteiger partial charge in [0.05, 0.1) is 6.07 Å². The second kappa shape index (κ2) is 4.76. The van der Waals surface area contributed by atoms with Crippen LogP contribution in [-0.4, -0.2) is 23.6 Å². The zero-order chi connectivity index (χ0) is 10.7. The fourth-order valence-electron chi connectivity index (χ4n) is 2.45. The molecule has 0 aromatic carbocycles. The molecular formula is C12H20N2S. The van der Waals surface area contributed by atoms with Crippen LogP contribution in [-0.2, 0) is 0 Å². The molecule has 0 amide bonds. The molecule has 84 valence electrons. The van der Waals surface area contributed by atoms with Crippen LogP contribution in [0.2, 0.25) is 0 Å². The average molecular weight is 224 g/mol. The van der Waals surface area contributed by atoms with E-state index in [1.807, 2.05) is 18.8 Å². The fourth-order valence-corrected chi connectivity index (χ4v) is 4.06. The first-order chi connectivity index (χ1) is 7.30. The lowest BCUT2D eigenvalue weighted by Gasteiger charge is -2.26. The summed E-state index contributed by atoms with van der Waals surface area (Å²) in [6, 6.07) is 2.52. The van der Waals surface area contributed by atoms with E-state index in [4.69, 9.17) is 0 Å². The third-order valence-electron chi connectivity index (χ3n) is 3.77. The summed E-state index contributed by atoms with van der Waals surface area (Å²) in [5.74, 6) is 1.59. The minimum absolute atomic E-state index is 0.229. The summed E-state index contributed by atoms with van der Waals surface area (Å²) >= 11 is 2.02. The van der Waals surface area contributed by atoms with Gasteiger partial charge < -0.3 is 5.32 Å². The van der Waals surface area contributed by atoms with E-state index in [2.05, 4.69) is 11.4 Å². The molecule has 3 heteroatoms. The monoisotopic (exact) mass is 224 g/mol. The molecule has 0 radical (unpaired) electrons. The van der Waals surface area contributed by atoms with Gasteiger partial charge in [-0.25, -0.2) is 0 Å². The van der Waals surface area contributed by atoms with Gasteiger partial charge >= 0.3 is 0 Å². The van der Waals surface area contributed by atoms with E-state index >= 15 is 0 Å². The predicted molar refractivity (Wildman–Crippen MR) is 64.8 cm³/mol. The predicted octanol–water partition coefficient (Wildman–Crippen LogP) is 2.55. The van der Waals surface area contributed by atoms with Gasteiger partial charge in [-0.15, -0.1) is 0 Å². The summed E-state index contributed by atoms with van der Waals surface area (Å²) in [7, 11) is 1.94. The molecule has 0 aliphatic heterocycles. The first-order valence-corrected chi connectivity index (χ1v) is 7.07. The number of nitriles is 1. The van der Waals surface area contributed by atoms with Gasteiger partial charge in [0.15, 0.2) is 0 Å². The maximum Gasteiger partial charge on any atom is 0.118 e. The molecule has 2 aliphatic rings. The van der Waals surface area contributed by atoms with Crippen molar-refractivity contribution in [3.05, 3.63) is 0 Å². The highest BCUT2D eigenvalue weighted by molar-refractivity contribution is 8.00. The third kappa shape index (κ3) is 2.49.